The first-order valence-corrected chi connectivity index (χ1v) is 6.45. The molecule has 0 bridgehead atoms. The summed E-state index contributed by atoms with van der Waals surface area (Å²) in [6.45, 7) is 3.06. The van der Waals surface area contributed by atoms with E-state index < -0.39 is 0 Å². The topological polar surface area (TPSA) is 39.1 Å². The predicted octanol–water partition coefficient (Wildman–Crippen LogP) is 3.07. The molecule has 0 saturated carbocycles. The Morgan fingerprint density at radius 1 is 1.16 bits per heavy atom. The highest BCUT2D eigenvalue weighted by molar-refractivity contribution is 5.97. The van der Waals surface area contributed by atoms with Crippen molar-refractivity contribution in [3.05, 3.63) is 42.0 Å². The molecule has 0 fully saturated rings. The number of nitrogens with zero attached hydrogens (tertiary/aromatic N) is 2. The summed E-state index contributed by atoms with van der Waals surface area (Å²) in [7, 11) is 4.15. The molecule has 3 heteroatoms. The second-order valence-electron chi connectivity index (χ2n) is 5.01. The van der Waals surface area contributed by atoms with E-state index in [1.165, 1.54) is 0 Å². The molecule has 1 unspecified atom stereocenters. The van der Waals surface area contributed by atoms with E-state index in [4.69, 9.17) is 5.26 Å². The lowest BCUT2D eigenvalue weighted by Gasteiger charge is -2.21. The quantitative estimate of drug-likeness (QED) is 0.910. The summed E-state index contributed by atoms with van der Waals surface area (Å²) in [6.07, 6.45) is 0. The number of rotatable bonds is 4. The summed E-state index contributed by atoms with van der Waals surface area (Å²) >= 11 is 0. The molecule has 2 aromatic carbocycles. The van der Waals surface area contributed by atoms with Gasteiger partial charge < -0.3 is 10.2 Å². The maximum atomic E-state index is 9.14. The Morgan fingerprint density at radius 2 is 1.84 bits per heavy atom. The van der Waals surface area contributed by atoms with Gasteiger partial charge in [-0.15, -0.1) is 0 Å². The highest BCUT2D eigenvalue weighted by Crippen LogP contribution is 2.26. The van der Waals surface area contributed by atoms with Gasteiger partial charge in [0, 0.05) is 29.0 Å². The van der Waals surface area contributed by atoms with Crippen LogP contribution in [0, 0.1) is 11.3 Å². The van der Waals surface area contributed by atoms with Crippen molar-refractivity contribution in [3.8, 4) is 6.07 Å². The summed E-state index contributed by atoms with van der Waals surface area (Å²) in [5, 5.41) is 14.7. The Morgan fingerprint density at radius 3 is 2.47 bits per heavy atom. The first-order chi connectivity index (χ1) is 9.13. The summed E-state index contributed by atoms with van der Waals surface area (Å²) in [5.41, 5.74) is 1.81. The minimum absolute atomic E-state index is 0.453. The Kier molecular flexibility index (Phi) is 4.03. The molecule has 1 N–H and O–H groups in total. The monoisotopic (exact) mass is 253 g/mol. The van der Waals surface area contributed by atoms with Crippen LogP contribution in [-0.2, 0) is 0 Å². The van der Waals surface area contributed by atoms with Gasteiger partial charge >= 0.3 is 0 Å². The second-order valence-corrected chi connectivity index (χ2v) is 5.01. The summed E-state index contributed by atoms with van der Waals surface area (Å²) in [4.78, 5) is 2.18. The highest BCUT2D eigenvalue weighted by Gasteiger charge is 2.07. The lowest BCUT2D eigenvalue weighted by atomic mass is 10.0. The number of anilines is 1. The molecule has 0 aliphatic heterocycles. The van der Waals surface area contributed by atoms with E-state index in [-0.39, 0.29) is 0 Å². The lowest BCUT2D eigenvalue weighted by Crippen LogP contribution is -2.31. The molecule has 0 radical (unpaired) electrons. The summed E-state index contributed by atoms with van der Waals surface area (Å²) in [5.74, 6) is 0. The van der Waals surface area contributed by atoms with Crippen molar-refractivity contribution in [3.63, 3.8) is 0 Å². The van der Waals surface area contributed by atoms with Crippen LogP contribution >= 0.6 is 0 Å². The average Bonchev–Trinajstić information content (AvgIpc) is 2.44. The molecule has 1 atom stereocenters. The van der Waals surface area contributed by atoms with Gasteiger partial charge in [-0.25, -0.2) is 0 Å². The zero-order valence-corrected chi connectivity index (χ0v) is 11.6. The maximum Gasteiger partial charge on any atom is 0.0998 e. The second kappa shape index (κ2) is 5.73. The van der Waals surface area contributed by atoms with Crippen molar-refractivity contribution in [1.29, 1.82) is 5.26 Å². The van der Waals surface area contributed by atoms with E-state index in [9.17, 15) is 0 Å². The van der Waals surface area contributed by atoms with Gasteiger partial charge in [0.2, 0.25) is 0 Å². The molecule has 0 amide bonds. The average molecular weight is 253 g/mol. The standard InChI is InChI=1S/C16H19N3/c1-12(19(2)3)11-18-16-9-8-13(10-17)14-6-4-5-7-15(14)16/h4-9,12,18H,11H2,1-3H3. The van der Waals surface area contributed by atoms with Crippen LogP contribution in [0.15, 0.2) is 36.4 Å². The number of hydrogen-bond acceptors (Lipinski definition) is 3. The Balaban J connectivity index is 2.32. The Bertz CT molecular complexity index is 611. The minimum Gasteiger partial charge on any atom is -0.383 e. The third-order valence-electron chi connectivity index (χ3n) is 3.51. The van der Waals surface area contributed by atoms with Gasteiger partial charge in [-0.3, -0.25) is 0 Å². The van der Waals surface area contributed by atoms with Crippen molar-refractivity contribution >= 4 is 16.5 Å². The van der Waals surface area contributed by atoms with Gasteiger partial charge in [0.15, 0.2) is 0 Å². The van der Waals surface area contributed by atoms with Crippen LogP contribution in [0.25, 0.3) is 10.8 Å². The maximum absolute atomic E-state index is 9.14. The van der Waals surface area contributed by atoms with Crippen molar-refractivity contribution < 1.29 is 0 Å². The van der Waals surface area contributed by atoms with Gasteiger partial charge in [0.05, 0.1) is 11.6 Å². The highest BCUT2D eigenvalue weighted by atomic mass is 15.1. The molecule has 0 heterocycles. The van der Waals surface area contributed by atoms with Gasteiger partial charge in [-0.2, -0.15) is 5.26 Å². The van der Waals surface area contributed by atoms with E-state index in [0.717, 1.165) is 28.6 Å². The number of nitrogens with one attached hydrogen (secondary N) is 1. The molecule has 19 heavy (non-hydrogen) atoms. The fraction of sp³-hybridized carbons (Fsp3) is 0.312. The predicted molar refractivity (Wildman–Crippen MR) is 80.3 cm³/mol. The largest absolute Gasteiger partial charge is 0.383 e. The molecule has 0 spiro atoms. The van der Waals surface area contributed by atoms with Crippen molar-refractivity contribution in [2.45, 2.75) is 13.0 Å². The van der Waals surface area contributed by atoms with Crippen molar-refractivity contribution in [2.75, 3.05) is 26.0 Å². The first kappa shape index (κ1) is 13.4. The lowest BCUT2D eigenvalue weighted by molar-refractivity contribution is 0.326. The minimum atomic E-state index is 0.453. The number of nitriles is 1. The van der Waals surface area contributed by atoms with Crippen LogP contribution in [0.5, 0.6) is 0 Å². The third-order valence-corrected chi connectivity index (χ3v) is 3.51. The third kappa shape index (κ3) is 2.86. The van der Waals surface area contributed by atoms with Crippen LogP contribution in [0.2, 0.25) is 0 Å². The molecule has 0 saturated heterocycles. The van der Waals surface area contributed by atoms with Crippen molar-refractivity contribution in [2.24, 2.45) is 0 Å². The SMILES string of the molecule is CC(CNc1ccc(C#N)c2ccccc12)N(C)C. The van der Waals surface area contributed by atoms with Gasteiger partial charge in [-0.1, -0.05) is 24.3 Å². The van der Waals surface area contributed by atoms with Crippen LogP contribution in [0.1, 0.15) is 12.5 Å². The van der Waals surface area contributed by atoms with Gasteiger partial charge in [0.1, 0.15) is 0 Å². The van der Waals surface area contributed by atoms with E-state index in [1.807, 2.05) is 30.3 Å². The Labute approximate surface area is 114 Å². The molecular formula is C16H19N3. The van der Waals surface area contributed by atoms with Gasteiger partial charge in [0.25, 0.3) is 0 Å². The van der Waals surface area contributed by atoms with Gasteiger partial charge in [-0.05, 0) is 33.2 Å². The van der Waals surface area contributed by atoms with E-state index >= 15 is 0 Å². The molecule has 2 aromatic rings. The van der Waals surface area contributed by atoms with E-state index in [2.05, 4.69) is 43.4 Å². The molecule has 0 aliphatic carbocycles. The van der Waals surface area contributed by atoms with E-state index in [0.29, 0.717) is 6.04 Å². The zero-order valence-electron chi connectivity index (χ0n) is 11.6. The molecule has 0 aromatic heterocycles. The smallest absolute Gasteiger partial charge is 0.0998 e. The number of hydrogen-bond donors (Lipinski definition) is 1. The number of benzene rings is 2. The molecular weight excluding hydrogens is 234 g/mol. The summed E-state index contributed by atoms with van der Waals surface area (Å²) < 4.78 is 0. The molecule has 3 nitrogen and oxygen atoms in total. The summed E-state index contributed by atoms with van der Waals surface area (Å²) in [6, 6.07) is 14.6. The van der Waals surface area contributed by atoms with E-state index in [1.54, 1.807) is 0 Å². The fourth-order valence-electron chi connectivity index (χ4n) is 1.99. The molecule has 0 aliphatic rings. The zero-order chi connectivity index (χ0) is 13.8. The number of fused-ring (bicyclic) bond motifs is 1. The van der Waals surface area contributed by atoms with Crippen LogP contribution in [0.4, 0.5) is 5.69 Å². The fourth-order valence-corrected chi connectivity index (χ4v) is 1.99. The van der Waals surface area contributed by atoms with Crippen molar-refractivity contribution in [1.82, 2.24) is 4.90 Å². The Hall–Kier alpha value is -2.05. The molecule has 2 rings (SSSR count). The van der Waals surface area contributed by atoms with Crippen LogP contribution < -0.4 is 5.32 Å². The molecule has 98 valence electrons. The van der Waals surface area contributed by atoms with Crippen LogP contribution in [0.3, 0.4) is 0 Å². The number of likely N-dealkylation sites (N-methyl/N-ethyl adjacent to an activating group) is 1. The van der Waals surface area contributed by atoms with Crippen LogP contribution in [-0.4, -0.2) is 31.6 Å². The first-order valence-electron chi connectivity index (χ1n) is 6.45. The normalized spacial score (nSPS) is 12.4.